The average molecular weight is 792 g/mol. The Balaban J connectivity index is 4.58. The second-order valence-electron chi connectivity index (χ2n) is 17.2. The summed E-state index contributed by atoms with van der Waals surface area (Å²) in [6.45, 7) is 6.47. The number of hydrogen-bond donors (Lipinski definition) is 3. The van der Waals surface area contributed by atoms with Crippen molar-refractivity contribution in [3.63, 3.8) is 0 Å². The van der Waals surface area contributed by atoms with Gasteiger partial charge >= 0.3 is 5.97 Å². The third-order valence-corrected chi connectivity index (χ3v) is 11.6. The summed E-state index contributed by atoms with van der Waals surface area (Å²) in [5.74, 6) is -0.475. The second-order valence-corrected chi connectivity index (χ2v) is 17.2. The van der Waals surface area contributed by atoms with Crippen LogP contribution in [-0.4, -0.2) is 46.9 Å². The van der Waals surface area contributed by atoms with Crippen LogP contribution in [0.3, 0.4) is 0 Å². The van der Waals surface area contributed by atoms with Gasteiger partial charge in [0.2, 0.25) is 5.91 Å². The van der Waals surface area contributed by atoms with Crippen LogP contribution in [-0.2, 0) is 14.3 Å². The molecule has 0 rings (SSSR count). The number of rotatable bonds is 45. The molecule has 6 heteroatoms. The lowest BCUT2D eigenvalue weighted by Crippen LogP contribution is -2.46. The van der Waals surface area contributed by atoms with Crippen molar-refractivity contribution < 1.29 is 24.5 Å². The lowest BCUT2D eigenvalue weighted by Gasteiger charge is -2.24. The molecule has 332 valence electrons. The van der Waals surface area contributed by atoms with Gasteiger partial charge in [-0.1, -0.05) is 219 Å². The minimum Gasteiger partial charge on any atom is -0.462 e. The van der Waals surface area contributed by atoms with Gasteiger partial charge in [0.25, 0.3) is 0 Å². The summed E-state index contributed by atoms with van der Waals surface area (Å²) in [5.41, 5.74) is 0. The van der Waals surface area contributed by atoms with Crippen molar-refractivity contribution in [2.75, 3.05) is 6.61 Å². The maximum atomic E-state index is 13.2. The number of carbonyl (C=O) groups is 2. The van der Waals surface area contributed by atoms with Crippen molar-refractivity contribution in [3.8, 4) is 0 Å². The Labute approximate surface area is 349 Å². The van der Waals surface area contributed by atoms with Crippen LogP contribution in [0.25, 0.3) is 0 Å². The number of carbonyl (C=O) groups excluding carboxylic acids is 2. The SMILES string of the molecule is CCCCCCCCC/C=C/CCCCCC(CC(=O)NC(CO)C(O)CCCCCCCCCCCC)OC(=O)CCCCCCCCCCCCCCC. The Hall–Kier alpha value is -1.40. The zero-order valence-electron chi connectivity index (χ0n) is 37.8. The molecule has 1 amide bonds. The Morgan fingerprint density at radius 2 is 0.857 bits per heavy atom. The molecule has 3 unspecified atom stereocenters. The summed E-state index contributed by atoms with van der Waals surface area (Å²) in [5, 5.41) is 23.7. The van der Waals surface area contributed by atoms with Gasteiger partial charge in [-0.15, -0.1) is 0 Å². The maximum Gasteiger partial charge on any atom is 0.306 e. The van der Waals surface area contributed by atoms with Gasteiger partial charge < -0.3 is 20.3 Å². The van der Waals surface area contributed by atoms with E-state index in [9.17, 15) is 19.8 Å². The van der Waals surface area contributed by atoms with Gasteiger partial charge in [-0.05, 0) is 51.4 Å². The first kappa shape index (κ1) is 54.6. The number of hydrogen-bond acceptors (Lipinski definition) is 5. The van der Waals surface area contributed by atoms with E-state index < -0.39 is 18.2 Å². The number of unbranched alkanes of at least 4 members (excludes halogenated alkanes) is 31. The van der Waals surface area contributed by atoms with Crippen LogP contribution in [0, 0.1) is 0 Å². The van der Waals surface area contributed by atoms with Crippen molar-refractivity contribution in [2.24, 2.45) is 0 Å². The monoisotopic (exact) mass is 792 g/mol. The average Bonchev–Trinajstić information content (AvgIpc) is 3.19. The maximum absolute atomic E-state index is 13.2. The van der Waals surface area contributed by atoms with E-state index in [4.69, 9.17) is 4.74 Å². The van der Waals surface area contributed by atoms with Crippen molar-refractivity contribution in [3.05, 3.63) is 12.2 Å². The van der Waals surface area contributed by atoms with E-state index in [-0.39, 0.29) is 24.9 Å². The molecular formula is C50H97NO5. The van der Waals surface area contributed by atoms with Crippen LogP contribution in [0.15, 0.2) is 12.2 Å². The van der Waals surface area contributed by atoms with Crippen LogP contribution in [0.5, 0.6) is 0 Å². The number of aliphatic hydroxyl groups excluding tert-OH is 2. The predicted octanol–water partition coefficient (Wildman–Crippen LogP) is 14.6. The fraction of sp³-hybridized carbons (Fsp3) is 0.920. The van der Waals surface area contributed by atoms with E-state index in [1.165, 1.54) is 167 Å². The number of ether oxygens (including phenoxy) is 1. The molecule has 3 N–H and O–H groups in total. The first-order chi connectivity index (χ1) is 27.5. The van der Waals surface area contributed by atoms with E-state index in [2.05, 4.69) is 38.2 Å². The van der Waals surface area contributed by atoms with E-state index in [1.54, 1.807) is 0 Å². The summed E-state index contributed by atoms with van der Waals surface area (Å²) in [7, 11) is 0. The van der Waals surface area contributed by atoms with Gasteiger partial charge in [-0.3, -0.25) is 9.59 Å². The van der Waals surface area contributed by atoms with Crippen molar-refractivity contribution >= 4 is 11.9 Å². The lowest BCUT2D eigenvalue weighted by atomic mass is 10.0. The third-order valence-electron chi connectivity index (χ3n) is 11.6. The minimum atomic E-state index is -0.784. The highest BCUT2D eigenvalue weighted by molar-refractivity contribution is 5.77. The summed E-state index contributed by atoms with van der Waals surface area (Å²) in [4.78, 5) is 26.0. The van der Waals surface area contributed by atoms with Gasteiger partial charge in [0.15, 0.2) is 0 Å². The lowest BCUT2D eigenvalue weighted by molar-refractivity contribution is -0.151. The van der Waals surface area contributed by atoms with Gasteiger partial charge in [-0.2, -0.15) is 0 Å². The summed E-state index contributed by atoms with van der Waals surface area (Å²) < 4.78 is 5.92. The minimum absolute atomic E-state index is 0.0736. The Kier molecular flexibility index (Phi) is 43.6. The molecule has 6 nitrogen and oxygen atoms in total. The normalized spacial score (nSPS) is 13.3. The molecule has 0 fully saturated rings. The highest BCUT2D eigenvalue weighted by atomic mass is 16.5. The zero-order chi connectivity index (χ0) is 41.0. The summed E-state index contributed by atoms with van der Waals surface area (Å²) in [6, 6.07) is -0.698. The van der Waals surface area contributed by atoms with Crippen molar-refractivity contribution in [2.45, 2.75) is 289 Å². The molecule has 0 bridgehead atoms. The predicted molar refractivity (Wildman–Crippen MR) is 241 cm³/mol. The van der Waals surface area contributed by atoms with E-state index in [0.717, 1.165) is 57.8 Å². The highest BCUT2D eigenvalue weighted by Gasteiger charge is 2.24. The fourth-order valence-corrected chi connectivity index (χ4v) is 7.78. The van der Waals surface area contributed by atoms with E-state index >= 15 is 0 Å². The van der Waals surface area contributed by atoms with Gasteiger partial charge in [0, 0.05) is 6.42 Å². The molecule has 0 heterocycles. The summed E-state index contributed by atoms with van der Waals surface area (Å²) in [6.07, 6.45) is 48.4. The Bertz CT molecular complexity index is 847. The molecule has 0 aromatic rings. The quantitative estimate of drug-likeness (QED) is 0.0324. The molecular weight excluding hydrogens is 695 g/mol. The van der Waals surface area contributed by atoms with E-state index in [0.29, 0.717) is 19.3 Å². The van der Waals surface area contributed by atoms with Gasteiger partial charge in [0.1, 0.15) is 6.10 Å². The standard InChI is InChI=1S/C50H97NO5/c1-4-7-10-13-16-19-22-24-26-27-29-32-35-38-41-46(56-50(55)43-40-37-34-31-28-25-23-20-17-14-11-8-5-2)44-49(54)51-47(45-52)48(53)42-39-36-33-30-21-18-15-12-9-6-3/h26-27,46-48,52-53H,4-25,28-45H2,1-3H3,(H,51,54)/b27-26+. The molecule has 3 atom stereocenters. The van der Waals surface area contributed by atoms with E-state index in [1.807, 2.05) is 0 Å². The topological polar surface area (TPSA) is 95.9 Å². The van der Waals surface area contributed by atoms with Gasteiger partial charge in [0.05, 0.1) is 25.2 Å². The molecule has 0 spiro atoms. The summed E-state index contributed by atoms with van der Waals surface area (Å²) >= 11 is 0. The molecule has 0 aliphatic rings. The van der Waals surface area contributed by atoms with Crippen LogP contribution in [0.2, 0.25) is 0 Å². The third kappa shape index (κ3) is 39.4. The van der Waals surface area contributed by atoms with Crippen LogP contribution in [0.4, 0.5) is 0 Å². The van der Waals surface area contributed by atoms with Crippen molar-refractivity contribution in [1.29, 1.82) is 0 Å². The fourth-order valence-electron chi connectivity index (χ4n) is 7.78. The molecule has 0 aromatic heterocycles. The Morgan fingerprint density at radius 1 is 0.500 bits per heavy atom. The number of esters is 1. The molecule has 0 aliphatic heterocycles. The molecule has 0 saturated heterocycles. The first-order valence-corrected chi connectivity index (χ1v) is 24.9. The second kappa shape index (κ2) is 44.7. The number of aliphatic hydroxyl groups is 2. The molecule has 56 heavy (non-hydrogen) atoms. The smallest absolute Gasteiger partial charge is 0.306 e. The Morgan fingerprint density at radius 3 is 1.29 bits per heavy atom. The van der Waals surface area contributed by atoms with Crippen LogP contribution in [0.1, 0.15) is 271 Å². The number of allylic oxidation sites excluding steroid dienone is 2. The molecule has 0 radical (unpaired) electrons. The number of amides is 1. The van der Waals surface area contributed by atoms with Crippen molar-refractivity contribution in [1.82, 2.24) is 5.32 Å². The van der Waals surface area contributed by atoms with Gasteiger partial charge in [-0.25, -0.2) is 0 Å². The van der Waals surface area contributed by atoms with Crippen LogP contribution >= 0.6 is 0 Å². The molecule has 0 saturated carbocycles. The first-order valence-electron chi connectivity index (χ1n) is 24.9. The largest absolute Gasteiger partial charge is 0.462 e. The molecule has 0 aliphatic carbocycles. The highest BCUT2D eigenvalue weighted by Crippen LogP contribution is 2.18. The number of nitrogens with one attached hydrogen (secondary N) is 1. The van der Waals surface area contributed by atoms with Crippen LogP contribution < -0.4 is 5.32 Å². The zero-order valence-corrected chi connectivity index (χ0v) is 37.8. The molecule has 0 aromatic carbocycles.